The van der Waals surface area contributed by atoms with E-state index >= 15 is 0 Å². The average molecular weight is 255 g/mol. The number of hydrogen-bond donors (Lipinski definition) is 1. The van der Waals surface area contributed by atoms with Crippen molar-refractivity contribution in [1.82, 2.24) is 4.90 Å². The first-order valence-electron chi connectivity index (χ1n) is 7.55. The van der Waals surface area contributed by atoms with Gasteiger partial charge >= 0.3 is 0 Å². The minimum absolute atomic E-state index is 0.402. The summed E-state index contributed by atoms with van der Waals surface area (Å²) in [6.45, 7) is 6.35. The highest BCUT2D eigenvalue weighted by Crippen LogP contribution is 2.33. The normalized spacial score (nSPS) is 35.8. The van der Waals surface area contributed by atoms with Crippen molar-refractivity contribution >= 4 is 0 Å². The Kier molecular flexibility index (Phi) is 5.05. The summed E-state index contributed by atoms with van der Waals surface area (Å²) < 4.78 is 5.23. The van der Waals surface area contributed by atoms with Crippen LogP contribution in [0.25, 0.3) is 0 Å². The lowest BCUT2D eigenvalue weighted by Gasteiger charge is -2.41. The largest absolute Gasteiger partial charge is 0.389 e. The lowest BCUT2D eigenvalue weighted by atomic mass is 9.79. The fourth-order valence-electron chi connectivity index (χ4n) is 3.42. The Morgan fingerprint density at radius 2 is 1.78 bits per heavy atom. The predicted molar refractivity (Wildman–Crippen MR) is 73.6 cm³/mol. The van der Waals surface area contributed by atoms with Gasteiger partial charge in [0.1, 0.15) is 0 Å². The topological polar surface area (TPSA) is 32.7 Å². The van der Waals surface area contributed by atoms with E-state index in [4.69, 9.17) is 4.74 Å². The smallest absolute Gasteiger partial charge is 0.0774 e. The van der Waals surface area contributed by atoms with E-state index in [9.17, 15) is 5.11 Å². The van der Waals surface area contributed by atoms with Crippen LogP contribution in [0.2, 0.25) is 0 Å². The first-order valence-corrected chi connectivity index (χ1v) is 7.55. The zero-order chi connectivity index (χ0) is 13.0. The van der Waals surface area contributed by atoms with E-state index in [1.54, 1.807) is 7.11 Å². The Balaban J connectivity index is 1.74. The summed E-state index contributed by atoms with van der Waals surface area (Å²) in [4.78, 5) is 2.46. The monoisotopic (exact) mass is 255 g/mol. The van der Waals surface area contributed by atoms with Gasteiger partial charge in [0.15, 0.2) is 0 Å². The molecule has 2 aliphatic rings. The van der Waals surface area contributed by atoms with Gasteiger partial charge in [-0.15, -0.1) is 0 Å². The van der Waals surface area contributed by atoms with Crippen molar-refractivity contribution in [2.75, 3.05) is 33.4 Å². The van der Waals surface area contributed by atoms with E-state index in [1.807, 2.05) is 0 Å². The maximum absolute atomic E-state index is 10.6. The summed E-state index contributed by atoms with van der Waals surface area (Å²) in [6, 6.07) is 0. The molecule has 106 valence electrons. The van der Waals surface area contributed by atoms with Crippen LogP contribution in [0.3, 0.4) is 0 Å². The second kappa shape index (κ2) is 6.36. The zero-order valence-electron chi connectivity index (χ0n) is 12.0. The molecule has 2 fully saturated rings. The Bertz CT molecular complexity index is 241. The van der Waals surface area contributed by atoms with Gasteiger partial charge in [0.05, 0.1) is 5.60 Å². The van der Waals surface area contributed by atoms with Gasteiger partial charge in [0.2, 0.25) is 0 Å². The maximum atomic E-state index is 10.6. The summed E-state index contributed by atoms with van der Waals surface area (Å²) in [5.41, 5.74) is -0.402. The molecule has 18 heavy (non-hydrogen) atoms. The van der Waals surface area contributed by atoms with Crippen molar-refractivity contribution in [3.63, 3.8) is 0 Å². The molecular formula is C15H29NO2. The van der Waals surface area contributed by atoms with Crippen LogP contribution in [-0.2, 0) is 4.74 Å². The average Bonchev–Trinajstić information content (AvgIpc) is 2.36. The zero-order valence-corrected chi connectivity index (χ0v) is 12.0. The Labute approximate surface area is 112 Å². The lowest BCUT2D eigenvalue weighted by Crippen LogP contribution is -2.48. The van der Waals surface area contributed by atoms with Crippen LogP contribution in [-0.4, -0.2) is 49.0 Å². The molecule has 1 saturated carbocycles. The highest BCUT2D eigenvalue weighted by molar-refractivity contribution is 4.88. The molecule has 0 aromatic carbocycles. The second-order valence-corrected chi connectivity index (χ2v) is 6.58. The summed E-state index contributed by atoms with van der Waals surface area (Å²) in [6.07, 6.45) is 6.81. The molecule has 1 aliphatic carbocycles. The maximum Gasteiger partial charge on any atom is 0.0774 e. The van der Waals surface area contributed by atoms with Crippen molar-refractivity contribution in [2.24, 2.45) is 11.8 Å². The minimum Gasteiger partial charge on any atom is -0.389 e. The van der Waals surface area contributed by atoms with Crippen molar-refractivity contribution in [3.8, 4) is 0 Å². The van der Waals surface area contributed by atoms with E-state index in [2.05, 4.69) is 11.8 Å². The van der Waals surface area contributed by atoms with Crippen LogP contribution in [0.15, 0.2) is 0 Å². The van der Waals surface area contributed by atoms with Crippen molar-refractivity contribution in [3.05, 3.63) is 0 Å². The highest BCUT2D eigenvalue weighted by atomic mass is 16.5. The van der Waals surface area contributed by atoms with E-state index in [-0.39, 0.29) is 0 Å². The molecule has 0 unspecified atom stereocenters. The van der Waals surface area contributed by atoms with Gasteiger partial charge in [-0.2, -0.15) is 0 Å². The van der Waals surface area contributed by atoms with Crippen molar-refractivity contribution < 1.29 is 9.84 Å². The SMILES string of the molecule is COCC1CCN(CC2(O)CCC(C)CC2)CC1. The minimum atomic E-state index is -0.402. The molecule has 2 rings (SSSR count). The summed E-state index contributed by atoms with van der Waals surface area (Å²) in [5, 5.41) is 10.6. The molecule has 1 heterocycles. The van der Waals surface area contributed by atoms with Crippen LogP contribution < -0.4 is 0 Å². The van der Waals surface area contributed by atoms with Gasteiger partial charge in [-0.25, -0.2) is 0 Å². The number of β-amino-alcohol motifs (C(OH)–C–C–N with tert-alkyl or cyclic N) is 1. The van der Waals surface area contributed by atoms with Crippen LogP contribution in [0, 0.1) is 11.8 Å². The Hall–Kier alpha value is -0.120. The lowest BCUT2D eigenvalue weighted by molar-refractivity contribution is -0.0428. The molecule has 1 saturated heterocycles. The molecule has 0 spiro atoms. The van der Waals surface area contributed by atoms with Crippen molar-refractivity contribution in [2.45, 2.75) is 51.0 Å². The molecular weight excluding hydrogens is 226 g/mol. The third kappa shape index (κ3) is 3.94. The first-order chi connectivity index (χ1) is 8.61. The van der Waals surface area contributed by atoms with E-state index < -0.39 is 5.60 Å². The van der Waals surface area contributed by atoms with Crippen LogP contribution in [0.1, 0.15) is 45.4 Å². The number of nitrogens with zero attached hydrogens (tertiary/aromatic N) is 1. The van der Waals surface area contributed by atoms with Crippen LogP contribution >= 0.6 is 0 Å². The molecule has 1 aliphatic heterocycles. The molecule has 1 N–H and O–H groups in total. The van der Waals surface area contributed by atoms with E-state index in [0.29, 0.717) is 0 Å². The van der Waals surface area contributed by atoms with Crippen molar-refractivity contribution in [1.29, 1.82) is 0 Å². The quantitative estimate of drug-likeness (QED) is 0.836. The molecule has 0 aromatic rings. The molecule has 0 atom stereocenters. The third-order valence-corrected chi connectivity index (χ3v) is 4.83. The molecule has 3 heteroatoms. The fraction of sp³-hybridized carbons (Fsp3) is 1.00. The van der Waals surface area contributed by atoms with E-state index in [1.165, 1.54) is 25.7 Å². The van der Waals surface area contributed by atoms with Gasteiger partial charge in [-0.05, 0) is 63.5 Å². The number of piperidine rings is 1. The number of likely N-dealkylation sites (tertiary alicyclic amines) is 1. The van der Waals surface area contributed by atoms with Crippen LogP contribution in [0.5, 0.6) is 0 Å². The highest BCUT2D eigenvalue weighted by Gasteiger charge is 2.34. The van der Waals surface area contributed by atoms with Gasteiger partial charge in [-0.3, -0.25) is 0 Å². The van der Waals surface area contributed by atoms with E-state index in [0.717, 1.165) is 50.9 Å². The summed E-state index contributed by atoms with van der Waals surface area (Å²) in [7, 11) is 1.79. The molecule has 0 aromatic heterocycles. The molecule has 0 bridgehead atoms. The van der Waals surface area contributed by atoms with Gasteiger partial charge in [-0.1, -0.05) is 6.92 Å². The standard InChI is InChI=1S/C15H29NO2/c1-13-3-7-15(17,8-4-13)12-16-9-5-14(6-10-16)11-18-2/h13-14,17H,3-12H2,1-2H3. The van der Waals surface area contributed by atoms with Gasteiger partial charge in [0, 0.05) is 20.3 Å². The summed E-state index contributed by atoms with van der Waals surface area (Å²) >= 11 is 0. The number of rotatable bonds is 4. The summed E-state index contributed by atoms with van der Waals surface area (Å²) in [5.74, 6) is 1.53. The number of aliphatic hydroxyl groups is 1. The Morgan fingerprint density at radius 1 is 1.17 bits per heavy atom. The fourth-order valence-corrected chi connectivity index (χ4v) is 3.42. The number of hydrogen-bond acceptors (Lipinski definition) is 3. The third-order valence-electron chi connectivity index (χ3n) is 4.83. The van der Waals surface area contributed by atoms with Gasteiger partial charge < -0.3 is 14.7 Å². The number of ether oxygens (including phenoxy) is 1. The number of methoxy groups -OCH3 is 1. The molecule has 3 nitrogen and oxygen atoms in total. The predicted octanol–water partition coefficient (Wildman–Crippen LogP) is 2.29. The Morgan fingerprint density at radius 3 is 2.33 bits per heavy atom. The molecule has 0 radical (unpaired) electrons. The second-order valence-electron chi connectivity index (χ2n) is 6.58. The molecule has 0 amide bonds. The van der Waals surface area contributed by atoms with Gasteiger partial charge in [0.25, 0.3) is 0 Å². The first kappa shape index (κ1) is 14.3. The van der Waals surface area contributed by atoms with Crippen LogP contribution in [0.4, 0.5) is 0 Å².